The van der Waals surface area contributed by atoms with Crippen molar-refractivity contribution in [2.75, 3.05) is 51.5 Å². The predicted octanol–water partition coefficient (Wildman–Crippen LogP) is 1.35. The molecule has 0 radical (unpaired) electrons. The van der Waals surface area contributed by atoms with Crippen LogP contribution in [0.2, 0.25) is 0 Å². The summed E-state index contributed by atoms with van der Waals surface area (Å²) in [4.78, 5) is 31.2. The van der Waals surface area contributed by atoms with E-state index >= 15 is 0 Å². The van der Waals surface area contributed by atoms with Crippen LogP contribution < -0.4 is 5.73 Å². The highest BCUT2D eigenvalue weighted by Gasteiger charge is 2.24. The maximum Gasteiger partial charge on any atom is 0.254 e. The number of carbonyl (C=O) groups excluding carboxylic acids is 2. The average Bonchev–Trinajstić information content (AvgIpc) is 3.04. The van der Waals surface area contributed by atoms with Crippen LogP contribution in [0.25, 0.3) is 0 Å². The first-order valence-electron chi connectivity index (χ1n) is 9.20. The zero-order valence-electron chi connectivity index (χ0n) is 15.0. The summed E-state index contributed by atoms with van der Waals surface area (Å²) >= 11 is 0. The zero-order valence-corrected chi connectivity index (χ0v) is 15.0. The number of nitrogens with zero attached hydrogens (tertiary/aromatic N) is 3. The lowest BCUT2D eigenvalue weighted by atomic mass is 10.1. The summed E-state index contributed by atoms with van der Waals surface area (Å²) in [6, 6.07) is 5.47. The van der Waals surface area contributed by atoms with Gasteiger partial charge in [0, 0.05) is 50.5 Å². The van der Waals surface area contributed by atoms with Crippen molar-refractivity contribution in [3.8, 4) is 0 Å². The van der Waals surface area contributed by atoms with Gasteiger partial charge in [0.05, 0.1) is 6.54 Å². The van der Waals surface area contributed by atoms with Gasteiger partial charge in [-0.2, -0.15) is 0 Å². The van der Waals surface area contributed by atoms with Crippen molar-refractivity contribution in [3.05, 3.63) is 29.3 Å². The van der Waals surface area contributed by atoms with E-state index in [1.165, 1.54) is 0 Å². The second kappa shape index (κ2) is 7.87. The Morgan fingerprint density at radius 3 is 2.44 bits per heavy atom. The van der Waals surface area contributed by atoms with Crippen LogP contribution in [0.15, 0.2) is 18.2 Å². The largest absolute Gasteiger partial charge is 0.399 e. The van der Waals surface area contributed by atoms with E-state index in [1.54, 1.807) is 6.07 Å². The Labute approximate surface area is 149 Å². The van der Waals surface area contributed by atoms with Gasteiger partial charge in [-0.3, -0.25) is 14.5 Å². The molecular formula is C19H28N4O2. The standard InChI is InChI=1S/C19H28N4O2/c1-15-5-6-16(20)13-17(15)19(25)23-10-4-7-21(11-12-23)14-18(24)22-8-2-3-9-22/h5-6,13H,2-4,7-12,14,20H2,1H3. The van der Waals surface area contributed by atoms with Gasteiger partial charge in [0.15, 0.2) is 0 Å². The summed E-state index contributed by atoms with van der Waals surface area (Å²) in [6.07, 6.45) is 3.13. The molecule has 2 heterocycles. The molecule has 2 N–H and O–H groups in total. The van der Waals surface area contributed by atoms with Crippen LogP contribution in [-0.4, -0.2) is 72.3 Å². The molecule has 1 aromatic rings. The number of hydrogen-bond donors (Lipinski definition) is 1. The smallest absolute Gasteiger partial charge is 0.254 e. The topological polar surface area (TPSA) is 69.9 Å². The molecule has 0 aromatic heterocycles. The van der Waals surface area contributed by atoms with E-state index in [4.69, 9.17) is 5.73 Å². The minimum atomic E-state index is 0.0394. The van der Waals surface area contributed by atoms with Crippen LogP contribution in [0.1, 0.15) is 35.2 Å². The molecule has 6 heteroatoms. The third kappa shape index (κ3) is 4.31. The number of carbonyl (C=O) groups is 2. The third-order valence-electron chi connectivity index (χ3n) is 5.19. The Kier molecular flexibility index (Phi) is 5.58. The van der Waals surface area contributed by atoms with Gasteiger partial charge in [-0.1, -0.05) is 6.07 Å². The minimum absolute atomic E-state index is 0.0394. The second-order valence-corrected chi connectivity index (χ2v) is 7.08. The van der Waals surface area contributed by atoms with Crippen LogP contribution in [-0.2, 0) is 4.79 Å². The molecule has 0 atom stereocenters. The molecule has 2 aliphatic rings. The summed E-state index contributed by atoms with van der Waals surface area (Å²) in [5.74, 6) is 0.265. The van der Waals surface area contributed by atoms with E-state index in [1.807, 2.05) is 28.9 Å². The van der Waals surface area contributed by atoms with Gasteiger partial charge in [-0.15, -0.1) is 0 Å². The molecule has 1 aromatic carbocycles. The molecule has 25 heavy (non-hydrogen) atoms. The lowest BCUT2D eigenvalue weighted by molar-refractivity contribution is -0.131. The van der Waals surface area contributed by atoms with Crippen LogP contribution in [0, 0.1) is 6.92 Å². The molecular weight excluding hydrogens is 316 g/mol. The Morgan fingerprint density at radius 2 is 1.68 bits per heavy atom. The number of rotatable bonds is 3. The van der Waals surface area contributed by atoms with E-state index in [9.17, 15) is 9.59 Å². The number of likely N-dealkylation sites (tertiary alicyclic amines) is 1. The fourth-order valence-corrected chi connectivity index (χ4v) is 3.63. The molecule has 136 valence electrons. The Hall–Kier alpha value is -2.08. The number of nitrogen functional groups attached to an aromatic ring is 1. The van der Waals surface area contributed by atoms with E-state index in [0.717, 1.165) is 57.5 Å². The van der Waals surface area contributed by atoms with E-state index < -0.39 is 0 Å². The zero-order chi connectivity index (χ0) is 17.8. The third-order valence-corrected chi connectivity index (χ3v) is 5.19. The Bertz CT molecular complexity index is 640. The lowest BCUT2D eigenvalue weighted by Crippen LogP contribution is -2.41. The second-order valence-electron chi connectivity index (χ2n) is 7.08. The fraction of sp³-hybridized carbons (Fsp3) is 0.579. The molecule has 2 aliphatic heterocycles. The number of nitrogens with two attached hydrogens (primary N) is 1. The highest BCUT2D eigenvalue weighted by atomic mass is 16.2. The molecule has 0 bridgehead atoms. The quantitative estimate of drug-likeness (QED) is 0.841. The number of hydrogen-bond acceptors (Lipinski definition) is 4. The van der Waals surface area contributed by atoms with Crippen molar-refractivity contribution in [1.82, 2.24) is 14.7 Å². The number of aryl methyl sites for hydroxylation is 1. The van der Waals surface area contributed by atoms with Crippen LogP contribution in [0.3, 0.4) is 0 Å². The normalized spacial score (nSPS) is 19.1. The number of anilines is 1. The SMILES string of the molecule is Cc1ccc(N)cc1C(=O)N1CCCN(CC(=O)N2CCCC2)CC1. The molecule has 2 saturated heterocycles. The first-order valence-corrected chi connectivity index (χ1v) is 9.20. The van der Waals surface area contributed by atoms with Crippen molar-refractivity contribution in [3.63, 3.8) is 0 Å². The van der Waals surface area contributed by atoms with Gasteiger partial charge >= 0.3 is 0 Å². The monoisotopic (exact) mass is 344 g/mol. The predicted molar refractivity (Wildman–Crippen MR) is 98.4 cm³/mol. The lowest BCUT2D eigenvalue weighted by Gasteiger charge is -2.24. The van der Waals surface area contributed by atoms with Gasteiger partial charge in [0.1, 0.15) is 0 Å². The molecule has 6 nitrogen and oxygen atoms in total. The van der Waals surface area contributed by atoms with Crippen molar-refractivity contribution in [2.24, 2.45) is 0 Å². The van der Waals surface area contributed by atoms with Gasteiger partial charge in [-0.05, 0) is 43.9 Å². The summed E-state index contributed by atoms with van der Waals surface area (Å²) in [7, 11) is 0. The highest BCUT2D eigenvalue weighted by molar-refractivity contribution is 5.96. The molecule has 0 unspecified atom stereocenters. The van der Waals surface area contributed by atoms with E-state index in [0.29, 0.717) is 24.3 Å². The first kappa shape index (κ1) is 17.7. The summed E-state index contributed by atoms with van der Waals surface area (Å²) in [5.41, 5.74) is 8.08. The number of benzene rings is 1. The van der Waals surface area contributed by atoms with Crippen molar-refractivity contribution in [1.29, 1.82) is 0 Å². The summed E-state index contributed by atoms with van der Waals surface area (Å²) < 4.78 is 0. The Balaban J connectivity index is 1.58. The van der Waals surface area contributed by atoms with Crippen molar-refractivity contribution < 1.29 is 9.59 Å². The molecule has 0 aliphatic carbocycles. The maximum absolute atomic E-state index is 12.8. The van der Waals surface area contributed by atoms with Gasteiger partial charge < -0.3 is 15.5 Å². The van der Waals surface area contributed by atoms with Crippen molar-refractivity contribution >= 4 is 17.5 Å². The average molecular weight is 344 g/mol. The highest BCUT2D eigenvalue weighted by Crippen LogP contribution is 2.17. The fourth-order valence-electron chi connectivity index (χ4n) is 3.63. The Morgan fingerprint density at radius 1 is 0.960 bits per heavy atom. The molecule has 3 rings (SSSR count). The van der Waals surface area contributed by atoms with Crippen LogP contribution in [0.5, 0.6) is 0 Å². The minimum Gasteiger partial charge on any atom is -0.399 e. The van der Waals surface area contributed by atoms with Gasteiger partial charge in [0.2, 0.25) is 5.91 Å². The van der Waals surface area contributed by atoms with Gasteiger partial charge in [0.25, 0.3) is 5.91 Å². The maximum atomic E-state index is 12.8. The first-order chi connectivity index (χ1) is 12.0. The van der Waals surface area contributed by atoms with E-state index in [2.05, 4.69) is 4.90 Å². The summed E-state index contributed by atoms with van der Waals surface area (Å²) in [5, 5.41) is 0. The number of amides is 2. The van der Waals surface area contributed by atoms with E-state index in [-0.39, 0.29) is 11.8 Å². The van der Waals surface area contributed by atoms with Crippen LogP contribution >= 0.6 is 0 Å². The van der Waals surface area contributed by atoms with Gasteiger partial charge in [-0.25, -0.2) is 0 Å². The van der Waals surface area contributed by atoms with Crippen LogP contribution in [0.4, 0.5) is 5.69 Å². The summed E-state index contributed by atoms with van der Waals surface area (Å²) in [6.45, 7) is 7.18. The molecule has 0 spiro atoms. The molecule has 0 saturated carbocycles. The molecule has 2 fully saturated rings. The molecule has 2 amide bonds. The van der Waals surface area contributed by atoms with Crippen molar-refractivity contribution in [2.45, 2.75) is 26.2 Å².